The lowest BCUT2D eigenvalue weighted by Crippen LogP contribution is -2.16. The number of aromatic nitrogens is 3. The van der Waals surface area contributed by atoms with Crippen LogP contribution in [-0.4, -0.2) is 14.9 Å². The Bertz CT molecular complexity index is 571. The molecule has 0 bridgehead atoms. The number of rotatable bonds is 2. The molecule has 2 aromatic rings. The van der Waals surface area contributed by atoms with E-state index in [9.17, 15) is 4.79 Å². The lowest BCUT2D eigenvalue weighted by Gasteiger charge is -2.10. The van der Waals surface area contributed by atoms with Gasteiger partial charge in [-0.25, -0.2) is 4.79 Å². The van der Waals surface area contributed by atoms with Crippen LogP contribution in [0.5, 0.6) is 0 Å². The van der Waals surface area contributed by atoms with E-state index in [1.165, 1.54) is 4.68 Å². The molecule has 0 spiro atoms. The van der Waals surface area contributed by atoms with Crippen LogP contribution in [-0.2, 0) is 12.0 Å². The van der Waals surface area contributed by atoms with Crippen molar-refractivity contribution < 1.29 is 8.94 Å². The summed E-state index contributed by atoms with van der Waals surface area (Å²) in [5.74, 6) is 0.515. The second-order valence-corrected chi connectivity index (χ2v) is 5.02. The van der Waals surface area contributed by atoms with Gasteiger partial charge >= 0.3 is 5.76 Å². The molecular formula is C11H15N3O3. The molecule has 0 aliphatic heterocycles. The third-order valence-corrected chi connectivity index (χ3v) is 2.23. The molecule has 0 saturated carbocycles. The highest BCUT2D eigenvalue weighted by Gasteiger charge is 2.22. The maximum absolute atomic E-state index is 11.6. The minimum Gasteiger partial charge on any atom is -0.392 e. The first-order chi connectivity index (χ1) is 7.86. The van der Waals surface area contributed by atoms with Gasteiger partial charge in [0.25, 0.3) is 0 Å². The van der Waals surface area contributed by atoms with E-state index in [1.54, 1.807) is 6.07 Å². The summed E-state index contributed by atoms with van der Waals surface area (Å²) in [4.78, 5) is 11.6. The Morgan fingerprint density at radius 3 is 2.59 bits per heavy atom. The summed E-state index contributed by atoms with van der Waals surface area (Å²) in [6.07, 6.45) is 0. The molecule has 6 heteroatoms. The van der Waals surface area contributed by atoms with Gasteiger partial charge in [0.05, 0.1) is 5.69 Å². The van der Waals surface area contributed by atoms with E-state index in [2.05, 4.69) is 10.3 Å². The predicted molar refractivity (Wildman–Crippen MR) is 59.8 cm³/mol. The fourth-order valence-corrected chi connectivity index (χ4v) is 1.35. The van der Waals surface area contributed by atoms with E-state index >= 15 is 0 Å². The highest BCUT2D eigenvalue weighted by Crippen LogP contribution is 2.18. The Labute approximate surface area is 98.2 Å². The first-order valence-corrected chi connectivity index (χ1v) is 5.37. The van der Waals surface area contributed by atoms with Gasteiger partial charge in [0.2, 0.25) is 5.89 Å². The van der Waals surface area contributed by atoms with Crippen LogP contribution in [0.1, 0.15) is 38.1 Å². The topological polar surface area (TPSA) is 74.1 Å². The average molecular weight is 237 g/mol. The summed E-state index contributed by atoms with van der Waals surface area (Å²) in [7, 11) is 0. The van der Waals surface area contributed by atoms with Crippen molar-refractivity contribution in [2.24, 2.45) is 0 Å². The monoisotopic (exact) mass is 237 g/mol. The van der Waals surface area contributed by atoms with E-state index in [-0.39, 0.29) is 12.0 Å². The van der Waals surface area contributed by atoms with Crippen molar-refractivity contribution in [2.45, 2.75) is 39.7 Å². The van der Waals surface area contributed by atoms with Crippen LogP contribution in [0.4, 0.5) is 0 Å². The zero-order chi connectivity index (χ0) is 12.6. The molecule has 2 rings (SSSR count). The van der Waals surface area contributed by atoms with Crippen LogP contribution in [0.2, 0.25) is 0 Å². The molecule has 92 valence electrons. The van der Waals surface area contributed by atoms with E-state index < -0.39 is 5.76 Å². The Hall–Kier alpha value is -1.85. The van der Waals surface area contributed by atoms with Gasteiger partial charge in [-0.05, 0) is 6.92 Å². The summed E-state index contributed by atoms with van der Waals surface area (Å²) < 4.78 is 11.4. The largest absolute Gasteiger partial charge is 0.437 e. The summed E-state index contributed by atoms with van der Waals surface area (Å²) in [6, 6.07) is 1.76. The summed E-state index contributed by atoms with van der Waals surface area (Å²) in [5, 5.41) is 7.88. The van der Waals surface area contributed by atoms with Crippen LogP contribution < -0.4 is 5.76 Å². The molecular weight excluding hydrogens is 222 g/mol. The maximum atomic E-state index is 11.6. The molecule has 2 aromatic heterocycles. The Kier molecular flexibility index (Phi) is 2.65. The highest BCUT2D eigenvalue weighted by molar-refractivity contribution is 5.03. The third kappa shape index (κ3) is 2.46. The van der Waals surface area contributed by atoms with Gasteiger partial charge in [0.15, 0.2) is 5.76 Å². The molecule has 0 N–H and O–H groups in total. The van der Waals surface area contributed by atoms with Crippen molar-refractivity contribution in [3.8, 4) is 0 Å². The van der Waals surface area contributed by atoms with Crippen LogP contribution in [0.25, 0.3) is 0 Å². The van der Waals surface area contributed by atoms with Crippen molar-refractivity contribution in [3.05, 3.63) is 34.0 Å². The summed E-state index contributed by atoms with van der Waals surface area (Å²) >= 11 is 0. The third-order valence-electron chi connectivity index (χ3n) is 2.23. The van der Waals surface area contributed by atoms with Gasteiger partial charge in [-0.1, -0.05) is 25.9 Å². The van der Waals surface area contributed by atoms with Gasteiger partial charge in [-0.3, -0.25) is 0 Å². The molecule has 0 aromatic carbocycles. The van der Waals surface area contributed by atoms with Crippen LogP contribution in [0, 0.1) is 6.92 Å². The lowest BCUT2D eigenvalue weighted by molar-refractivity contribution is 0.359. The van der Waals surface area contributed by atoms with Crippen LogP contribution in [0.3, 0.4) is 0 Å². The van der Waals surface area contributed by atoms with E-state index in [1.807, 2.05) is 27.7 Å². The first-order valence-electron chi connectivity index (χ1n) is 5.37. The molecule has 17 heavy (non-hydrogen) atoms. The van der Waals surface area contributed by atoms with Crippen molar-refractivity contribution in [1.29, 1.82) is 0 Å². The smallest absolute Gasteiger partial charge is 0.392 e. The molecule has 0 aliphatic carbocycles. The Balaban J connectivity index is 2.28. The zero-order valence-corrected chi connectivity index (χ0v) is 10.4. The van der Waals surface area contributed by atoms with E-state index in [0.29, 0.717) is 11.7 Å². The Morgan fingerprint density at radius 2 is 2.12 bits per heavy atom. The predicted octanol–water partition coefficient (Wildman–Crippen LogP) is 1.48. The summed E-state index contributed by atoms with van der Waals surface area (Å²) in [6.45, 7) is 7.85. The molecule has 0 fully saturated rings. The molecule has 0 aliphatic rings. The summed E-state index contributed by atoms with van der Waals surface area (Å²) in [5.41, 5.74) is 0.481. The second-order valence-electron chi connectivity index (χ2n) is 5.02. The fourth-order valence-electron chi connectivity index (χ4n) is 1.35. The van der Waals surface area contributed by atoms with Gasteiger partial charge in [-0.15, -0.1) is 5.10 Å². The van der Waals surface area contributed by atoms with Crippen molar-refractivity contribution in [3.63, 3.8) is 0 Å². The van der Waals surface area contributed by atoms with Crippen molar-refractivity contribution in [1.82, 2.24) is 14.9 Å². The molecule has 0 radical (unpaired) electrons. The first kappa shape index (κ1) is 11.6. The molecule has 2 heterocycles. The Morgan fingerprint density at radius 1 is 1.41 bits per heavy atom. The molecule has 6 nitrogen and oxygen atoms in total. The van der Waals surface area contributed by atoms with Gasteiger partial charge in [-0.2, -0.15) is 4.68 Å². The number of aryl methyl sites for hydroxylation is 1. The minimum absolute atomic E-state index is 0.235. The normalized spacial score (nSPS) is 12.0. The minimum atomic E-state index is -0.482. The van der Waals surface area contributed by atoms with Gasteiger partial charge in [0.1, 0.15) is 6.54 Å². The second kappa shape index (κ2) is 3.87. The zero-order valence-electron chi connectivity index (χ0n) is 10.4. The van der Waals surface area contributed by atoms with Gasteiger partial charge < -0.3 is 8.94 Å². The van der Waals surface area contributed by atoms with E-state index in [4.69, 9.17) is 8.94 Å². The lowest BCUT2D eigenvalue weighted by atomic mass is 9.97. The molecule has 0 unspecified atom stereocenters. The van der Waals surface area contributed by atoms with Crippen molar-refractivity contribution in [2.75, 3.05) is 0 Å². The maximum Gasteiger partial charge on any atom is 0.437 e. The fraction of sp³-hybridized carbons (Fsp3) is 0.545. The van der Waals surface area contributed by atoms with Gasteiger partial charge in [0, 0.05) is 11.5 Å². The van der Waals surface area contributed by atoms with Crippen LogP contribution in [0.15, 0.2) is 19.8 Å². The average Bonchev–Trinajstić information content (AvgIpc) is 2.74. The number of nitrogens with zero attached hydrogens (tertiary/aromatic N) is 3. The SMILES string of the molecule is Cc1cc(Cn2nc(C(C)(C)C)oc2=O)on1. The number of hydrogen-bond acceptors (Lipinski definition) is 5. The van der Waals surface area contributed by atoms with Crippen molar-refractivity contribution >= 4 is 0 Å². The molecule has 0 saturated heterocycles. The molecule has 0 amide bonds. The standard InChI is InChI=1S/C11H15N3O3/c1-7-5-8(17-13-7)6-14-10(15)16-9(12-14)11(2,3)4/h5H,6H2,1-4H3. The molecule has 0 atom stereocenters. The number of hydrogen-bond donors (Lipinski definition) is 0. The van der Waals surface area contributed by atoms with Crippen LogP contribution >= 0.6 is 0 Å². The highest BCUT2D eigenvalue weighted by atomic mass is 16.5. The van der Waals surface area contributed by atoms with E-state index in [0.717, 1.165) is 5.69 Å². The quantitative estimate of drug-likeness (QED) is 0.790.